The lowest BCUT2D eigenvalue weighted by Gasteiger charge is -2.44. The average Bonchev–Trinajstić information content (AvgIpc) is 2.49. The maximum atomic E-state index is 6.40. The molecule has 142 valence electrons. The van der Waals surface area contributed by atoms with Gasteiger partial charge in [0.1, 0.15) is 0 Å². The third kappa shape index (κ3) is 5.92. The van der Waals surface area contributed by atoms with Crippen LogP contribution in [0.5, 0.6) is 0 Å². The van der Waals surface area contributed by atoms with Crippen molar-refractivity contribution >= 4 is 8.32 Å². The Bertz CT molecular complexity index is 537. The molecule has 0 aliphatic carbocycles. The Hall–Kier alpha value is -0.683. The van der Waals surface area contributed by atoms with E-state index in [4.69, 9.17) is 9.16 Å². The average molecular weight is 364 g/mol. The van der Waals surface area contributed by atoms with Gasteiger partial charge in [-0.25, -0.2) is 0 Å². The number of hydrogen-bond acceptors (Lipinski definition) is 3. The van der Waals surface area contributed by atoms with Crippen LogP contribution in [0.2, 0.25) is 18.1 Å². The fourth-order valence-electron chi connectivity index (χ4n) is 3.03. The first-order valence-electron chi connectivity index (χ1n) is 9.56. The predicted molar refractivity (Wildman–Crippen MR) is 108 cm³/mol. The molecule has 1 aliphatic rings. The molecule has 0 radical (unpaired) electrons. The van der Waals surface area contributed by atoms with Crippen LogP contribution in [0.15, 0.2) is 30.3 Å². The molecule has 1 aromatic rings. The van der Waals surface area contributed by atoms with Gasteiger partial charge in [-0.2, -0.15) is 0 Å². The number of nitrogens with zero attached hydrogens (tertiary/aromatic N) is 1. The molecule has 2 rings (SSSR count). The van der Waals surface area contributed by atoms with Crippen molar-refractivity contribution in [2.45, 2.75) is 77.4 Å². The van der Waals surface area contributed by atoms with Crippen molar-refractivity contribution in [3.8, 4) is 0 Å². The fourth-order valence-corrected chi connectivity index (χ4v) is 4.09. The van der Waals surface area contributed by atoms with Gasteiger partial charge in [-0.3, -0.25) is 4.90 Å². The molecular formula is C21H37NO2Si. The van der Waals surface area contributed by atoms with E-state index in [0.717, 1.165) is 32.7 Å². The zero-order valence-corrected chi connectivity index (χ0v) is 18.3. The number of morpholine rings is 1. The Balaban J connectivity index is 1.97. The van der Waals surface area contributed by atoms with Gasteiger partial charge in [0.25, 0.3) is 0 Å². The Morgan fingerprint density at radius 1 is 1.20 bits per heavy atom. The molecule has 1 heterocycles. The van der Waals surface area contributed by atoms with E-state index in [-0.39, 0.29) is 10.6 Å². The van der Waals surface area contributed by atoms with E-state index in [1.807, 2.05) is 0 Å². The van der Waals surface area contributed by atoms with E-state index >= 15 is 0 Å². The summed E-state index contributed by atoms with van der Waals surface area (Å²) < 4.78 is 12.5. The molecule has 4 heteroatoms. The van der Waals surface area contributed by atoms with Gasteiger partial charge in [0.05, 0.1) is 12.2 Å². The summed E-state index contributed by atoms with van der Waals surface area (Å²) in [6.07, 6.45) is 1.04. The third-order valence-electron chi connectivity index (χ3n) is 5.72. The van der Waals surface area contributed by atoms with Crippen molar-refractivity contribution in [3.63, 3.8) is 0 Å². The second kappa shape index (κ2) is 7.91. The quantitative estimate of drug-likeness (QED) is 0.658. The smallest absolute Gasteiger partial charge is 0.191 e. The van der Waals surface area contributed by atoms with E-state index in [9.17, 15) is 0 Å². The number of benzene rings is 1. The van der Waals surface area contributed by atoms with Crippen LogP contribution < -0.4 is 0 Å². The topological polar surface area (TPSA) is 21.7 Å². The van der Waals surface area contributed by atoms with Gasteiger partial charge < -0.3 is 9.16 Å². The van der Waals surface area contributed by atoms with E-state index in [1.165, 1.54) is 5.56 Å². The Kier molecular flexibility index (Phi) is 6.53. The molecule has 1 aromatic carbocycles. The molecule has 0 spiro atoms. The highest BCUT2D eigenvalue weighted by Gasteiger charge is 2.38. The zero-order chi connectivity index (χ0) is 18.7. The van der Waals surface area contributed by atoms with Gasteiger partial charge in [0.2, 0.25) is 0 Å². The van der Waals surface area contributed by atoms with Crippen LogP contribution in [0.1, 0.15) is 46.6 Å². The Labute approximate surface area is 155 Å². The zero-order valence-electron chi connectivity index (χ0n) is 17.3. The van der Waals surface area contributed by atoms with Crippen molar-refractivity contribution in [1.29, 1.82) is 0 Å². The van der Waals surface area contributed by atoms with Crippen molar-refractivity contribution in [3.05, 3.63) is 35.9 Å². The van der Waals surface area contributed by atoms with Crippen molar-refractivity contribution in [1.82, 2.24) is 4.90 Å². The molecule has 0 bridgehead atoms. The fraction of sp³-hybridized carbons (Fsp3) is 0.714. The monoisotopic (exact) mass is 363 g/mol. The molecule has 3 nitrogen and oxygen atoms in total. The summed E-state index contributed by atoms with van der Waals surface area (Å²) in [5.41, 5.74) is 1.29. The van der Waals surface area contributed by atoms with Crippen LogP contribution >= 0.6 is 0 Å². The second-order valence-electron chi connectivity index (χ2n) is 9.51. The van der Waals surface area contributed by atoms with Gasteiger partial charge >= 0.3 is 0 Å². The van der Waals surface area contributed by atoms with Gasteiger partial charge in [0, 0.05) is 25.7 Å². The van der Waals surface area contributed by atoms with E-state index in [1.54, 1.807) is 0 Å². The minimum Gasteiger partial charge on any atom is -0.417 e. The molecule has 25 heavy (non-hydrogen) atoms. The van der Waals surface area contributed by atoms with Gasteiger partial charge in [-0.1, -0.05) is 51.1 Å². The lowest BCUT2D eigenvalue weighted by Crippen LogP contribution is -2.54. The second-order valence-corrected chi connectivity index (χ2v) is 14.3. The van der Waals surface area contributed by atoms with Gasteiger partial charge in [0.15, 0.2) is 8.32 Å². The highest BCUT2D eigenvalue weighted by molar-refractivity contribution is 6.74. The van der Waals surface area contributed by atoms with Crippen molar-refractivity contribution < 1.29 is 9.16 Å². The summed E-state index contributed by atoms with van der Waals surface area (Å²) in [4.78, 5) is 2.58. The summed E-state index contributed by atoms with van der Waals surface area (Å²) in [5.74, 6) is 0. The van der Waals surface area contributed by atoms with Crippen molar-refractivity contribution in [2.24, 2.45) is 0 Å². The minimum absolute atomic E-state index is 0.0778. The van der Waals surface area contributed by atoms with Crippen LogP contribution in [0, 0.1) is 0 Å². The molecular weight excluding hydrogens is 326 g/mol. The van der Waals surface area contributed by atoms with E-state index < -0.39 is 8.32 Å². The molecule has 0 aromatic heterocycles. The van der Waals surface area contributed by atoms with Crippen LogP contribution in [0.4, 0.5) is 0 Å². The first kappa shape index (κ1) is 20.6. The molecule has 0 unspecified atom stereocenters. The minimum atomic E-state index is -1.67. The van der Waals surface area contributed by atoms with Gasteiger partial charge in [-0.15, -0.1) is 0 Å². The van der Waals surface area contributed by atoms with Crippen molar-refractivity contribution in [2.75, 3.05) is 19.8 Å². The van der Waals surface area contributed by atoms with Crippen LogP contribution in [-0.2, 0) is 15.7 Å². The normalized spacial score (nSPS) is 22.1. The SMILES string of the molecule is CC1(C)CN(Cc2ccccc2)[C@H](CCO[Si](C)(C)C(C)(C)C)CO1. The summed E-state index contributed by atoms with van der Waals surface area (Å²) in [6, 6.07) is 11.2. The molecule has 0 amide bonds. The summed E-state index contributed by atoms with van der Waals surface area (Å²) in [7, 11) is -1.67. The summed E-state index contributed by atoms with van der Waals surface area (Å²) >= 11 is 0. The number of rotatable bonds is 6. The Morgan fingerprint density at radius 2 is 1.84 bits per heavy atom. The molecule has 0 N–H and O–H groups in total. The Morgan fingerprint density at radius 3 is 2.44 bits per heavy atom. The highest BCUT2D eigenvalue weighted by atomic mass is 28.4. The van der Waals surface area contributed by atoms with Crippen LogP contribution in [0.3, 0.4) is 0 Å². The highest BCUT2D eigenvalue weighted by Crippen LogP contribution is 2.36. The van der Waals surface area contributed by atoms with Gasteiger partial charge in [-0.05, 0) is 44.0 Å². The first-order valence-corrected chi connectivity index (χ1v) is 12.5. The van der Waals surface area contributed by atoms with Crippen LogP contribution in [0.25, 0.3) is 0 Å². The predicted octanol–water partition coefficient (Wildman–Crippen LogP) is 5.08. The summed E-state index contributed by atoms with van der Waals surface area (Å²) in [6.45, 7) is 19.5. The maximum absolute atomic E-state index is 6.40. The molecule has 0 saturated carbocycles. The molecule has 1 aliphatic heterocycles. The van der Waals surface area contributed by atoms with Crippen LogP contribution in [-0.4, -0.2) is 44.6 Å². The standard InChI is InChI=1S/C21H37NO2Si/c1-20(2,3)25(6,7)24-14-13-19-16-23-21(4,5)17-22(19)15-18-11-9-8-10-12-18/h8-12,19H,13-17H2,1-7H3/t19-/m1/s1. The van der Waals surface area contributed by atoms with E-state index in [2.05, 4.69) is 82.9 Å². The maximum Gasteiger partial charge on any atom is 0.191 e. The largest absolute Gasteiger partial charge is 0.417 e. The van der Waals surface area contributed by atoms with E-state index in [0.29, 0.717) is 6.04 Å². The number of hydrogen-bond donors (Lipinski definition) is 0. The summed E-state index contributed by atoms with van der Waals surface area (Å²) in [5, 5.41) is 0.266. The lowest BCUT2D eigenvalue weighted by molar-refractivity contribution is -0.120. The third-order valence-corrected chi connectivity index (χ3v) is 10.3. The number of ether oxygens (including phenoxy) is 1. The lowest BCUT2D eigenvalue weighted by atomic mass is 10.0. The molecule has 1 atom stereocenters. The molecule has 1 saturated heterocycles. The first-order chi connectivity index (χ1) is 11.5. The molecule has 1 fully saturated rings.